The van der Waals surface area contributed by atoms with Gasteiger partial charge in [0.25, 0.3) is 0 Å². The van der Waals surface area contributed by atoms with Crippen LogP contribution in [0.2, 0.25) is 0 Å². The standard InChI is InChI=1S/C16H13N3O/c1-19-13-8-3-2-6-11(13)15-16(19)18-14-10(9-20)5-4-7-12(14)17-15/h2-8,20H,9H2,1H3. The van der Waals surface area contributed by atoms with Crippen LogP contribution >= 0.6 is 0 Å². The summed E-state index contributed by atoms with van der Waals surface area (Å²) in [5.74, 6) is 0. The lowest BCUT2D eigenvalue weighted by molar-refractivity contribution is 0.283. The molecule has 20 heavy (non-hydrogen) atoms. The van der Waals surface area contributed by atoms with Crippen molar-refractivity contribution in [3.63, 3.8) is 0 Å². The molecule has 0 atom stereocenters. The number of fused-ring (bicyclic) bond motifs is 4. The van der Waals surface area contributed by atoms with Gasteiger partial charge < -0.3 is 9.67 Å². The molecule has 4 aromatic rings. The van der Waals surface area contributed by atoms with Gasteiger partial charge in [-0.15, -0.1) is 0 Å². The zero-order valence-corrected chi connectivity index (χ0v) is 11.0. The molecular weight excluding hydrogens is 250 g/mol. The molecule has 4 rings (SSSR count). The van der Waals surface area contributed by atoms with Gasteiger partial charge in [-0.2, -0.15) is 0 Å². The van der Waals surface area contributed by atoms with Crippen molar-refractivity contribution in [2.75, 3.05) is 0 Å². The van der Waals surface area contributed by atoms with Crippen molar-refractivity contribution in [2.45, 2.75) is 6.61 Å². The topological polar surface area (TPSA) is 50.9 Å². The first kappa shape index (κ1) is 11.4. The average Bonchev–Trinajstić information content (AvgIpc) is 2.78. The number of aliphatic hydroxyl groups excluding tert-OH is 1. The Morgan fingerprint density at radius 3 is 2.70 bits per heavy atom. The van der Waals surface area contributed by atoms with Crippen molar-refractivity contribution in [3.8, 4) is 0 Å². The summed E-state index contributed by atoms with van der Waals surface area (Å²) in [5, 5.41) is 10.5. The smallest absolute Gasteiger partial charge is 0.160 e. The quantitative estimate of drug-likeness (QED) is 0.574. The Hall–Kier alpha value is -2.46. The lowest BCUT2D eigenvalue weighted by atomic mass is 10.2. The fraction of sp³-hybridized carbons (Fsp3) is 0.125. The summed E-state index contributed by atoms with van der Waals surface area (Å²) in [7, 11) is 1.99. The Labute approximate surface area is 115 Å². The molecule has 0 aliphatic heterocycles. The van der Waals surface area contributed by atoms with Crippen LogP contribution in [-0.2, 0) is 13.7 Å². The van der Waals surface area contributed by atoms with Crippen molar-refractivity contribution in [3.05, 3.63) is 48.0 Å². The van der Waals surface area contributed by atoms with Crippen LogP contribution in [0.15, 0.2) is 42.5 Å². The highest BCUT2D eigenvalue weighted by molar-refractivity contribution is 6.06. The van der Waals surface area contributed by atoms with Gasteiger partial charge in [0.1, 0.15) is 5.52 Å². The highest BCUT2D eigenvalue weighted by Crippen LogP contribution is 2.27. The molecule has 2 heterocycles. The maximum Gasteiger partial charge on any atom is 0.160 e. The highest BCUT2D eigenvalue weighted by atomic mass is 16.3. The van der Waals surface area contributed by atoms with E-state index in [9.17, 15) is 5.11 Å². The Morgan fingerprint density at radius 2 is 1.85 bits per heavy atom. The number of rotatable bonds is 1. The third kappa shape index (κ3) is 1.39. The normalized spacial score (nSPS) is 11.7. The van der Waals surface area contributed by atoms with E-state index in [1.165, 1.54) is 0 Å². The predicted octanol–water partition coefficient (Wildman–Crippen LogP) is 2.77. The first-order valence-electron chi connectivity index (χ1n) is 6.53. The van der Waals surface area contributed by atoms with Gasteiger partial charge in [-0.05, 0) is 12.1 Å². The van der Waals surface area contributed by atoms with Gasteiger partial charge in [-0.3, -0.25) is 0 Å². The highest BCUT2D eigenvalue weighted by Gasteiger charge is 2.12. The summed E-state index contributed by atoms with van der Waals surface area (Å²) in [6, 6.07) is 13.9. The van der Waals surface area contributed by atoms with Gasteiger partial charge in [0.2, 0.25) is 0 Å². The Morgan fingerprint density at radius 1 is 1.00 bits per heavy atom. The van der Waals surface area contributed by atoms with E-state index in [2.05, 4.69) is 12.1 Å². The summed E-state index contributed by atoms with van der Waals surface area (Å²) in [5.41, 5.74) is 5.27. The molecule has 0 unspecified atom stereocenters. The zero-order valence-electron chi connectivity index (χ0n) is 11.0. The second kappa shape index (κ2) is 4.02. The fourth-order valence-corrected chi connectivity index (χ4v) is 2.75. The number of hydrogen-bond donors (Lipinski definition) is 1. The molecule has 98 valence electrons. The number of nitrogens with zero attached hydrogens (tertiary/aromatic N) is 3. The molecule has 0 radical (unpaired) electrons. The van der Waals surface area contributed by atoms with E-state index < -0.39 is 0 Å². The van der Waals surface area contributed by atoms with Crippen LogP contribution in [0.25, 0.3) is 33.1 Å². The second-order valence-electron chi connectivity index (χ2n) is 4.91. The minimum Gasteiger partial charge on any atom is -0.392 e. The number of benzene rings is 2. The monoisotopic (exact) mass is 263 g/mol. The SMILES string of the molecule is Cn1c2ccccc2c2nc3cccc(CO)c3nc21. The van der Waals surface area contributed by atoms with E-state index >= 15 is 0 Å². The first-order valence-corrected chi connectivity index (χ1v) is 6.53. The summed E-state index contributed by atoms with van der Waals surface area (Å²) >= 11 is 0. The molecule has 0 saturated heterocycles. The Kier molecular flexibility index (Phi) is 2.28. The molecular formula is C16H13N3O. The van der Waals surface area contributed by atoms with E-state index in [-0.39, 0.29) is 6.61 Å². The second-order valence-corrected chi connectivity index (χ2v) is 4.91. The van der Waals surface area contributed by atoms with E-state index in [1.54, 1.807) is 0 Å². The Bertz CT molecular complexity index is 956. The van der Waals surface area contributed by atoms with Gasteiger partial charge in [0.15, 0.2) is 5.65 Å². The molecule has 4 heteroatoms. The summed E-state index contributed by atoms with van der Waals surface area (Å²) in [4.78, 5) is 9.47. The Balaban J connectivity index is 2.26. The molecule has 2 aromatic heterocycles. The number of para-hydroxylation sites is 2. The third-order valence-electron chi connectivity index (χ3n) is 3.77. The maximum absolute atomic E-state index is 9.44. The van der Waals surface area contributed by atoms with E-state index in [4.69, 9.17) is 9.97 Å². The van der Waals surface area contributed by atoms with Gasteiger partial charge in [0.05, 0.1) is 23.2 Å². The van der Waals surface area contributed by atoms with Crippen molar-refractivity contribution in [1.82, 2.24) is 14.5 Å². The minimum absolute atomic E-state index is 0.0263. The van der Waals surface area contributed by atoms with Crippen molar-refractivity contribution in [1.29, 1.82) is 0 Å². The van der Waals surface area contributed by atoms with Gasteiger partial charge in [-0.1, -0.05) is 30.3 Å². The van der Waals surface area contributed by atoms with Crippen LogP contribution in [0, 0.1) is 0 Å². The van der Waals surface area contributed by atoms with Gasteiger partial charge in [-0.25, -0.2) is 9.97 Å². The molecule has 0 aliphatic rings. The molecule has 0 saturated carbocycles. The maximum atomic E-state index is 9.44. The minimum atomic E-state index is -0.0263. The van der Waals surface area contributed by atoms with Crippen LogP contribution in [-0.4, -0.2) is 19.6 Å². The lowest BCUT2D eigenvalue weighted by Crippen LogP contribution is -1.95. The van der Waals surface area contributed by atoms with Crippen molar-refractivity contribution in [2.24, 2.45) is 7.05 Å². The molecule has 1 N–H and O–H groups in total. The number of aryl methyl sites for hydroxylation is 1. The number of aliphatic hydroxyl groups is 1. The van der Waals surface area contributed by atoms with Crippen LogP contribution in [0.5, 0.6) is 0 Å². The molecule has 0 aliphatic carbocycles. The molecule has 0 fully saturated rings. The average molecular weight is 263 g/mol. The summed E-state index contributed by atoms with van der Waals surface area (Å²) < 4.78 is 2.05. The lowest BCUT2D eigenvalue weighted by Gasteiger charge is -2.03. The largest absolute Gasteiger partial charge is 0.392 e. The fourth-order valence-electron chi connectivity index (χ4n) is 2.75. The first-order chi connectivity index (χ1) is 9.79. The van der Waals surface area contributed by atoms with Crippen molar-refractivity contribution < 1.29 is 5.11 Å². The van der Waals surface area contributed by atoms with Crippen LogP contribution < -0.4 is 0 Å². The van der Waals surface area contributed by atoms with E-state index in [0.717, 1.165) is 38.7 Å². The number of aromatic nitrogens is 3. The molecule has 0 amide bonds. The van der Waals surface area contributed by atoms with E-state index in [0.29, 0.717) is 0 Å². The summed E-state index contributed by atoms with van der Waals surface area (Å²) in [6.45, 7) is -0.0263. The van der Waals surface area contributed by atoms with E-state index in [1.807, 2.05) is 41.9 Å². The third-order valence-corrected chi connectivity index (χ3v) is 3.77. The molecule has 0 spiro atoms. The van der Waals surface area contributed by atoms with Gasteiger partial charge >= 0.3 is 0 Å². The van der Waals surface area contributed by atoms with Gasteiger partial charge in [0, 0.05) is 18.0 Å². The molecule has 0 bridgehead atoms. The summed E-state index contributed by atoms with van der Waals surface area (Å²) in [6.07, 6.45) is 0. The molecule has 2 aromatic carbocycles. The van der Waals surface area contributed by atoms with Crippen LogP contribution in [0.3, 0.4) is 0 Å². The molecule has 4 nitrogen and oxygen atoms in total. The zero-order chi connectivity index (χ0) is 13.7. The predicted molar refractivity (Wildman–Crippen MR) is 79.4 cm³/mol. The van der Waals surface area contributed by atoms with Crippen LogP contribution in [0.4, 0.5) is 0 Å². The number of hydrogen-bond acceptors (Lipinski definition) is 3. The van der Waals surface area contributed by atoms with Crippen molar-refractivity contribution >= 4 is 33.1 Å². The van der Waals surface area contributed by atoms with Crippen LogP contribution in [0.1, 0.15) is 5.56 Å².